The van der Waals surface area contributed by atoms with E-state index in [1.165, 1.54) is 12.8 Å². The van der Waals surface area contributed by atoms with Gasteiger partial charge in [-0.1, -0.05) is 26.3 Å². The molecule has 2 rings (SSSR count). The van der Waals surface area contributed by atoms with Crippen LogP contribution in [0, 0.1) is 5.92 Å². The first-order chi connectivity index (χ1) is 11.0. The Labute approximate surface area is 141 Å². The van der Waals surface area contributed by atoms with Crippen LogP contribution in [0.5, 0.6) is 5.75 Å². The van der Waals surface area contributed by atoms with Crippen molar-refractivity contribution in [2.24, 2.45) is 16.0 Å². The van der Waals surface area contributed by atoms with Crippen molar-refractivity contribution in [3.05, 3.63) is 23.8 Å². The second-order valence-electron chi connectivity index (χ2n) is 6.04. The van der Waals surface area contributed by atoms with E-state index in [1.54, 1.807) is 0 Å². The Balaban J connectivity index is 1.95. The lowest BCUT2D eigenvalue weighted by Gasteiger charge is -2.23. The molecular formula is C16H26N4O2S. The van der Waals surface area contributed by atoms with E-state index < -0.39 is 11.5 Å². The highest BCUT2D eigenvalue weighted by Crippen LogP contribution is 2.30. The summed E-state index contributed by atoms with van der Waals surface area (Å²) in [5.74, 6) is 1.33. The lowest BCUT2D eigenvalue weighted by atomic mass is 10.1. The molecular weight excluding hydrogens is 312 g/mol. The molecule has 7 heteroatoms. The smallest absolute Gasteiger partial charge is 0.222 e. The van der Waals surface area contributed by atoms with Crippen molar-refractivity contribution in [2.45, 2.75) is 26.7 Å². The van der Waals surface area contributed by atoms with Gasteiger partial charge in [-0.05, 0) is 36.5 Å². The average molecular weight is 338 g/mol. The minimum atomic E-state index is -1.51. The zero-order valence-electron chi connectivity index (χ0n) is 14.0. The molecule has 1 aliphatic rings. The van der Waals surface area contributed by atoms with E-state index in [9.17, 15) is 4.55 Å². The molecule has 0 amide bonds. The number of hydrogen-bond donors (Lipinski definition) is 2. The van der Waals surface area contributed by atoms with Gasteiger partial charge in [-0.25, -0.2) is 0 Å². The van der Waals surface area contributed by atoms with Crippen LogP contribution < -0.4 is 15.2 Å². The van der Waals surface area contributed by atoms with E-state index in [4.69, 9.17) is 10.5 Å². The van der Waals surface area contributed by atoms with Gasteiger partial charge in [0.25, 0.3) is 0 Å². The molecule has 0 saturated heterocycles. The lowest BCUT2D eigenvalue weighted by molar-refractivity contribution is 0.205. The van der Waals surface area contributed by atoms with Gasteiger partial charge in [-0.15, -0.1) is 0 Å². The van der Waals surface area contributed by atoms with Crippen LogP contribution >= 0.6 is 0 Å². The van der Waals surface area contributed by atoms with E-state index >= 15 is 0 Å². The van der Waals surface area contributed by atoms with Gasteiger partial charge in [0.2, 0.25) is 11.5 Å². The highest BCUT2D eigenvalue weighted by Gasteiger charge is 2.24. The fourth-order valence-corrected chi connectivity index (χ4v) is 3.26. The molecule has 1 unspecified atom stereocenters. The first-order valence-corrected chi connectivity index (χ1v) is 9.09. The maximum Gasteiger partial charge on any atom is 0.222 e. The predicted octanol–water partition coefficient (Wildman–Crippen LogP) is 2.14. The van der Waals surface area contributed by atoms with Gasteiger partial charge >= 0.3 is 0 Å². The Morgan fingerprint density at radius 3 is 3.00 bits per heavy atom. The molecule has 0 bridgehead atoms. The van der Waals surface area contributed by atoms with E-state index in [2.05, 4.69) is 34.9 Å². The maximum absolute atomic E-state index is 11.5. The van der Waals surface area contributed by atoms with Crippen molar-refractivity contribution in [3.63, 3.8) is 0 Å². The van der Waals surface area contributed by atoms with Crippen LogP contribution in [0.2, 0.25) is 0 Å². The summed E-state index contributed by atoms with van der Waals surface area (Å²) in [4.78, 5) is 2.33. The summed E-state index contributed by atoms with van der Waals surface area (Å²) in [6.07, 6.45) is 2.42. The highest BCUT2D eigenvalue weighted by atomic mass is 32.2. The molecule has 6 nitrogen and oxygen atoms in total. The molecule has 0 saturated carbocycles. The third-order valence-electron chi connectivity index (χ3n) is 3.70. The lowest BCUT2D eigenvalue weighted by Crippen LogP contribution is -2.29. The van der Waals surface area contributed by atoms with E-state index in [1.807, 2.05) is 18.2 Å². The van der Waals surface area contributed by atoms with Crippen LogP contribution in [0.1, 0.15) is 32.3 Å². The summed E-state index contributed by atoms with van der Waals surface area (Å²) in [6.45, 7) is 7.07. The number of hydrogen-bond acceptors (Lipinski definition) is 6. The summed E-state index contributed by atoms with van der Waals surface area (Å²) in [7, 11) is 2.14. The first kappa shape index (κ1) is 17.9. The first-order valence-electron chi connectivity index (χ1n) is 7.98. The number of nitrogens with zero attached hydrogens (tertiary/aromatic N) is 2. The molecule has 0 aliphatic carbocycles. The summed E-state index contributed by atoms with van der Waals surface area (Å²) < 4.78 is 24.1. The molecule has 0 aromatic heterocycles. The van der Waals surface area contributed by atoms with Crippen molar-refractivity contribution < 1.29 is 9.29 Å². The van der Waals surface area contributed by atoms with Crippen molar-refractivity contribution in [1.29, 1.82) is 0 Å². The minimum absolute atomic E-state index is 0.250. The zero-order valence-corrected chi connectivity index (χ0v) is 14.9. The van der Waals surface area contributed by atoms with Crippen LogP contribution in [-0.2, 0) is 11.5 Å². The molecule has 0 spiro atoms. The number of rotatable bonds is 8. The van der Waals surface area contributed by atoms with Crippen molar-refractivity contribution in [2.75, 3.05) is 31.5 Å². The SMILES string of the molecule is CCCCN(C)C[C@H](C)COc1cccc2c1C(N)=N[S+]([O-])N2. The molecule has 23 heavy (non-hydrogen) atoms. The van der Waals surface area contributed by atoms with Gasteiger partial charge < -0.3 is 19.9 Å². The summed E-state index contributed by atoms with van der Waals surface area (Å²) in [5, 5.41) is 0. The van der Waals surface area contributed by atoms with E-state index in [0.717, 1.165) is 13.1 Å². The molecule has 0 fully saturated rings. The standard InChI is InChI=1S/C16H26N4O2S/c1-4-5-9-20(3)10-12(2)11-22-14-8-6-7-13-15(14)16(17)19-23(21)18-13/h6-8,12,18H,4-5,9-11H2,1-3H3,(H2,17,19)/t12-,23?/m0/s1. The van der Waals surface area contributed by atoms with Crippen molar-refractivity contribution in [3.8, 4) is 5.75 Å². The maximum atomic E-state index is 11.5. The molecule has 3 N–H and O–H groups in total. The van der Waals surface area contributed by atoms with Crippen LogP contribution in [-0.4, -0.2) is 42.0 Å². The van der Waals surface area contributed by atoms with Crippen molar-refractivity contribution in [1.82, 2.24) is 4.90 Å². The van der Waals surface area contributed by atoms with Gasteiger partial charge in [-0.3, -0.25) is 0 Å². The molecule has 1 aliphatic heterocycles. The fraction of sp³-hybridized carbons (Fsp3) is 0.562. The summed E-state index contributed by atoms with van der Waals surface area (Å²) in [5.41, 5.74) is 7.30. The van der Waals surface area contributed by atoms with Gasteiger partial charge in [-0.2, -0.15) is 4.72 Å². The van der Waals surface area contributed by atoms with Crippen molar-refractivity contribution >= 4 is 23.1 Å². The van der Waals surface area contributed by atoms with Gasteiger partial charge in [0.1, 0.15) is 5.75 Å². The third-order valence-corrected chi connectivity index (χ3v) is 4.46. The number of unbranched alkanes of at least 4 members (excludes halogenated alkanes) is 1. The van der Waals surface area contributed by atoms with Crippen LogP contribution in [0.4, 0.5) is 5.69 Å². The van der Waals surface area contributed by atoms with Crippen LogP contribution in [0.3, 0.4) is 0 Å². The molecule has 1 aromatic rings. The number of fused-ring (bicyclic) bond motifs is 1. The monoisotopic (exact) mass is 338 g/mol. The topological polar surface area (TPSA) is 85.9 Å². The Kier molecular flexibility index (Phi) is 6.56. The molecule has 128 valence electrons. The number of benzene rings is 1. The zero-order chi connectivity index (χ0) is 16.8. The molecule has 1 aromatic carbocycles. The second-order valence-corrected chi connectivity index (χ2v) is 6.92. The van der Waals surface area contributed by atoms with Gasteiger partial charge in [0.05, 0.1) is 17.9 Å². The quantitative estimate of drug-likeness (QED) is 0.709. The highest BCUT2D eigenvalue weighted by molar-refractivity contribution is 7.91. The molecule has 0 radical (unpaired) electrons. The average Bonchev–Trinajstić information content (AvgIpc) is 2.50. The number of ether oxygens (including phenoxy) is 1. The van der Waals surface area contributed by atoms with Crippen LogP contribution in [0.25, 0.3) is 0 Å². The number of nitrogens with two attached hydrogens (primary N) is 1. The summed E-state index contributed by atoms with van der Waals surface area (Å²) in [6, 6.07) is 5.54. The number of anilines is 1. The Hall–Kier alpha value is -1.44. The third kappa shape index (κ3) is 5.02. The Morgan fingerprint density at radius 2 is 2.26 bits per heavy atom. The van der Waals surface area contributed by atoms with Crippen LogP contribution in [0.15, 0.2) is 22.6 Å². The van der Waals surface area contributed by atoms with E-state index in [0.29, 0.717) is 29.5 Å². The fourth-order valence-electron chi connectivity index (χ4n) is 2.59. The Morgan fingerprint density at radius 1 is 1.48 bits per heavy atom. The predicted molar refractivity (Wildman–Crippen MR) is 96.0 cm³/mol. The normalized spacial score (nSPS) is 18.1. The second kappa shape index (κ2) is 8.42. The molecule has 1 heterocycles. The number of amidine groups is 1. The summed E-state index contributed by atoms with van der Waals surface area (Å²) >= 11 is -1.51. The Bertz CT molecular complexity index is 553. The molecule has 2 atom stereocenters. The largest absolute Gasteiger partial charge is 0.566 e. The minimum Gasteiger partial charge on any atom is -0.566 e. The number of nitrogens with one attached hydrogen (secondary N) is 1. The van der Waals surface area contributed by atoms with E-state index in [-0.39, 0.29) is 5.84 Å². The van der Waals surface area contributed by atoms with Gasteiger partial charge in [0, 0.05) is 12.5 Å². The van der Waals surface area contributed by atoms with Gasteiger partial charge in [0.15, 0.2) is 5.84 Å².